The van der Waals surface area contributed by atoms with Crippen LogP contribution in [0.25, 0.3) is 22.4 Å². The van der Waals surface area contributed by atoms with Crippen molar-refractivity contribution in [2.45, 2.75) is 13.8 Å². The van der Waals surface area contributed by atoms with Crippen molar-refractivity contribution in [2.75, 3.05) is 11.9 Å². The summed E-state index contributed by atoms with van der Waals surface area (Å²) in [6.45, 7) is 3.79. The second-order valence-corrected chi connectivity index (χ2v) is 7.91. The van der Waals surface area contributed by atoms with Gasteiger partial charge in [0.15, 0.2) is 0 Å². The summed E-state index contributed by atoms with van der Waals surface area (Å²) in [7, 11) is 0. The molecule has 3 amide bonds. The lowest BCUT2D eigenvalue weighted by atomic mass is 10.1. The number of hydrogen-bond donors (Lipinski definition) is 2. The number of fused-ring (bicyclic) bond motifs is 2. The average Bonchev–Trinajstić information content (AvgIpc) is 3.29. The van der Waals surface area contributed by atoms with Crippen molar-refractivity contribution in [3.8, 4) is 11.4 Å². The van der Waals surface area contributed by atoms with E-state index >= 15 is 0 Å². The molecule has 0 bridgehead atoms. The number of H-pyrrole nitrogens is 1. The maximum absolute atomic E-state index is 12.5. The Bertz CT molecular complexity index is 1330. The third-order valence-electron chi connectivity index (χ3n) is 5.72. The highest BCUT2D eigenvalue weighted by molar-refractivity contribution is 6.22. The van der Waals surface area contributed by atoms with Crippen molar-refractivity contribution in [3.05, 3.63) is 82.9 Å². The molecule has 0 spiro atoms. The van der Waals surface area contributed by atoms with Crippen LogP contribution >= 0.6 is 0 Å². The van der Waals surface area contributed by atoms with Crippen molar-refractivity contribution in [1.29, 1.82) is 0 Å². The average molecular weight is 424 g/mol. The van der Waals surface area contributed by atoms with Gasteiger partial charge in [-0.15, -0.1) is 0 Å². The largest absolute Gasteiger partial charge is 0.338 e. The molecule has 2 heterocycles. The molecule has 0 unspecified atom stereocenters. The number of aromatic amines is 1. The summed E-state index contributed by atoms with van der Waals surface area (Å²) in [6.07, 6.45) is 0. The smallest absolute Gasteiger partial charge is 0.262 e. The Balaban J connectivity index is 1.29. The maximum atomic E-state index is 12.5. The standard InChI is InChI=1S/C25H20N4O3/c1-14-11-20-21(12-15(14)2)28-23(27-20)16-7-9-17(10-8-16)26-22(30)13-29-24(31)18-5-3-4-6-19(18)25(29)32/h3-12H,13H2,1-2H3,(H,26,30)(H,27,28). The van der Waals surface area contributed by atoms with Gasteiger partial charge in [0.2, 0.25) is 5.91 Å². The molecule has 0 saturated heterocycles. The van der Waals surface area contributed by atoms with Crippen molar-refractivity contribution < 1.29 is 14.4 Å². The summed E-state index contributed by atoms with van der Waals surface area (Å²) >= 11 is 0. The van der Waals surface area contributed by atoms with Gasteiger partial charge < -0.3 is 10.3 Å². The topological polar surface area (TPSA) is 95.2 Å². The number of aryl methyl sites for hydroxylation is 2. The number of amides is 3. The molecule has 0 fully saturated rings. The Morgan fingerprint density at radius 1 is 0.938 bits per heavy atom. The fraction of sp³-hybridized carbons (Fsp3) is 0.120. The lowest BCUT2D eigenvalue weighted by Crippen LogP contribution is -2.37. The van der Waals surface area contributed by atoms with Crippen LogP contribution in [0.2, 0.25) is 0 Å². The molecule has 0 aliphatic carbocycles. The van der Waals surface area contributed by atoms with Crippen LogP contribution in [0.3, 0.4) is 0 Å². The van der Waals surface area contributed by atoms with E-state index in [0.29, 0.717) is 16.8 Å². The van der Waals surface area contributed by atoms with Gasteiger partial charge in [-0.25, -0.2) is 4.98 Å². The number of imide groups is 1. The third-order valence-corrected chi connectivity index (χ3v) is 5.72. The van der Waals surface area contributed by atoms with Crippen LogP contribution in [0, 0.1) is 13.8 Å². The minimum atomic E-state index is -0.452. The molecule has 32 heavy (non-hydrogen) atoms. The van der Waals surface area contributed by atoms with E-state index in [4.69, 9.17) is 0 Å². The number of carbonyl (C=O) groups is 3. The third kappa shape index (κ3) is 3.33. The Kier molecular flexibility index (Phi) is 4.59. The number of anilines is 1. The van der Waals surface area contributed by atoms with Gasteiger partial charge in [-0.1, -0.05) is 12.1 Å². The fourth-order valence-corrected chi connectivity index (χ4v) is 3.84. The molecule has 1 aliphatic heterocycles. The Labute approximate surface area is 184 Å². The van der Waals surface area contributed by atoms with E-state index in [9.17, 15) is 14.4 Å². The zero-order chi connectivity index (χ0) is 22.4. The number of nitrogens with one attached hydrogen (secondary N) is 2. The zero-order valence-electron chi connectivity index (χ0n) is 17.6. The first kappa shape index (κ1) is 19.7. The van der Waals surface area contributed by atoms with Gasteiger partial charge in [0.1, 0.15) is 12.4 Å². The lowest BCUT2D eigenvalue weighted by molar-refractivity contribution is -0.116. The summed E-state index contributed by atoms with van der Waals surface area (Å²) in [5, 5.41) is 2.74. The molecular weight excluding hydrogens is 404 g/mol. The number of benzene rings is 3. The highest BCUT2D eigenvalue weighted by Crippen LogP contribution is 2.25. The minimum absolute atomic E-state index is 0.325. The molecule has 0 saturated carbocycles. The Morgan fingerprint density at radius 3 is 2.22 bits per heavy atom. The van der Waals surface area contributed by atoms with Crippen molar-refractivity contribution in [3.63, 3.8) is 0 Å². The molecule has 4 aromatic rings. The number of nitrogens with zero attached hydrogens (tertiary/aromatic N) is 2. The monoisotopic (exact) mass is 424 g/mol. The van der Waals surface area contributed by atoms with Gasteiger partial charge in [0, 0.05) is 11.3 Å². The summed E-state index contributed by atoms with van der Waals surface area (Å²) in [5.41, 5.74) is 6.36. The van der Waals surface area contributed by atoms with E-state index in [1.54, 1.807) is 36.4 Å². The van der Waals surface area contributed by atoms with E-state index in [0.717, 1.165) is 27.3 Å². The van der Waals surface area contributed by atoms with Crippen LogP contribution in [-0.4, -0.2) is 39.1 Å². The van der Waals surface area contributed by atoms with Gasteiger partial charge in [0.05, 0.1) is 22.2 Å². The van der Waals surface area contributed by atoms with Crippen molar-refractivity contribution in [1.82, 2.24) is 14.9 Å². The molecule has 0 atom stereocenters. The summed E-state index contributed by atoms with van der Waals surface area (Å²) < 4.78 is 0. The van der Waals surface area contributed by atoms with Gasteiger partial charge in [-0.3, -0.25) is 19.3 Å². The highest BCUT2D eigenvalue weighted by Gasteiger charge is 2.36. The number of aromatic nitrogens is 2. The quantitative estimate of drug-likeness (QED) is 0.483. The molecule has 3 aromatic carbocycles. The van der Waals surface area contributed by atoms with Crippen LogP contribution < -0.4 is 5.32 Å². The summed E-state index contributed by atoms with van der Waals surface area (Å²) in [6, 6.07) is 17.9. The molecule has 158 valence electrons. The number of rotatable bonds is 4. The lowest BCUT2D eigenvalue weighted by Gasteiger charge is -2.13. The number of hydrogen-bond acceptors (Lipinski definition) is 4. The molecular formula is C25H20N4O3. The second kappa shape index (κ2) is 7.46. The SMILES string of the molecule is Cc1cc2nc(-c3ccc(NC(=O)CN4C(=O)c5ccccc5C4=O)cc3)[nH]c2cc1C. The molecule has 2 N–H and O–H groups in total. The molecule has 1 aromatic heterocycles. The van der Waals surface area contributed by atoms with Crippen molar-refractivity contribution in [2.24, 2.45) is 0 Å². The molecule has 5 rings (SSSR count). The molecule has 1 aliphatic rings. The predicted molar refractivity (Wildman–Crippen MR) is 121 cm³/mol. The molecule has 7 nitrogen and oxygen atoms in total. The van der Waals surface area contributed by atoms with Crippen LogP contribution in [0.1, 0.15) is 31.8 Å². The van der Waals surface area contributed by atoms with Crippen LogP contribution in [-0.2, 0) is 4.79 Å². The van der Waals surface area contributed by atoms with Crippen LogP contribution in [0.5, 0.6) is 0 Å². The van der Waals surface area contributed by atoms with Gasteiger partial charge >= 0.3 is 0 Å². The predicted octanol–water partition coefficient (Wildman–Crippen LogP) is 4.08. The summed E-state index contributed by atoms with van der Waals surface area (Å²) in [5.74, 6) is -0.603. The highest BCUT2D eigenvalue weighted by atomic mass is 16.2. The van der Waals surface area contributed by atoms with E-state index in [2.05, 4.69) is 41.3 Å². The van der Waals surface area contributed by atoms with E-state index in [-0.39, 0.29) is 6.54 Å². The van der Waals surface area contributed by atoms with E-state index in [1.807, 2.05) is 12.1 Å². The zero-order valence-corrected chi connectivity index (χ0v) is 17.6. The normalized spacial score (nSPS) is 13.0. The van der Waals surface area contributed by atoms with Gasteiger partial charge in [0.25, 0.3) is 11.8 Å². The van der Waals surface area contributed by atoms with Crippen LogP contribution in [0.4, 0.5) is 5.69 Å². The van der Waals surface area contributed by atoms with E-state index in [1.165, 1.54) is 11.1 Å². The molecule has 7 heteroatoms. The summed E-state index contributed by atoms with van der Waals surface area (Å²) in [4.78, 5) is 46.3. The minimum Gasteiger partial charge on any atom is -0.338 e. The maximum Gasteiger partial charge on any atom is 0.262 e. The Morgan fingerprint density at radius 2 is 1.56 bits per heavy atom. The van der Waals surface area contributed by atoms with Crippen molar-refractivity contribution >= 4 is 34.4 Å². The van der Waals surface area contributed by atoms with Gasteiger partial charge in [-0.2, -0.15) is 0 Å². The van der Waals surface area contributed by atoms with Gasteiger partial charge in [-0.05, 0) is 73.5 Å². The first-order valence-corrected chi connectivity index (χ1v) is 10.2. The Hall–Kier alpha value is -4.26. The van der Waals surface area contributed by atoms with Crippen LogP contribution in [0.15, 0.2) is 60.7 Å². The van der Waals surface area contributed by atoms with E-state index < -0.39 is 17.7 Å². The number of imidazole rings is 1. The fourth-order valence-electron chi connectivity index (χ4n) is 3.84. The first-order valence-electron chi connectivity index (χ1n) is 10.2. The second-order valence-electron chi connectivity index (χ2n) is 7.91. The molecule has 0 radical (unpaired) electrons. The number of carbonyl (C=O) groups excluding carboxylic acids is 3. The first-order chi connectivity index (χ1) is 15.4.